The predicted octanol–water partition coefficient (Wildman–Crippen LogP) is 1.58. The lowest BCUT2D eigenvalue weighted by Gasteiger charge is -2.24. The third kappa shape index (κ3) is 4.54. The van der Waals surface area contributed by atoms with E-state index in [4.69, 9.17) is 17.0 Å². The van der Waals surface area contributed by atoms with E-state index in [1.54, 1.807) is 50.4 Å². The highest BCUT2D eigenvalue weighted by Crippen LogP contribution is 2.21. The Hall–Kier alpha value is -3.53. The highest BCUT2D eigenvalue weighted by atomic mass is 32.1. The summed E-state index contributed by atoms with van der Waals surface area (Å²) in [6.07, 6.45) is 2.79. The summed E-state index contributed by atoms with van der Waals surface area (Å²) >= 11 is 5.35. The molecular weight excluding hydrogens is 406 g/mol. The molecule has 0 radical (unpaired) electrons. The zero-order chi connectivity index (χ0) is 21.7. The first-order valence-corrected chi connectivity index (χ1v) is 9.65. The molecule has 1 aliphatic heterocycles. The molecule has 1 aliphatic rings. The van der Waals surface area contributed by atoms with Gasteiger partial charge in [-0.05, 0) is 55.5 Å². The Balaban J connectivity index is 1.73. The zero-order valence-electron chi connectivity index (χ0n) is 16.5. The minimum atomic E-state index is -0.943. The number of nitrogens with one attached hydrogen (secondary N) is 2. The van der Waals surface area contributed by atoms with Crippen molar-refractivity contribution in [3.05, 3.63) is 54.4 Å². The number of amides is 3. The number of pyridine rings is 1. The number of aromatic nitrogens is 1. The van der Waals surface area contributed by atoms with Crippen LogP contribution in [0, 0.1) is 0 Å². The third-order valence-corrected chi connectivity index (χ3v) is 4.95. The summed E-state index contributed by atoms with van der Waals surface area (Å²) in [4.78, 5) is 43.1. The second-order valence-corrected chi connectivity index (χ2v) is 6.77. The molecule has 1 aromatic heterocycles. The number of thiocarbonyl (C=S) groups is 1. The average Bonchev–Trinajstić information content (AvgIpc) is 2.98. The van der Waals surface area contributed by atoms with E-state index in [1.165, 1.54) is 22.3 Å². The van der Waals surface area contributed by atoms with E-state index >= 15 is 0 Å². The SMILES string of the molecule is CCN1C(=O)C(CC(=O)Nc2ccc(OC)cc2)N(NC(=O)c2ccncc2)C1=S. The van der Waals surface area contributed by atoms with E-state index in [9.17, 15) is 14.4 Å². The molecule has 1 aromatic carbocycles. The van der Waals surface area contributed by atoms with Crippen molar-refractivity contribution in [3.63, 3.8) is 0 Å². The molecule has 3 amide bonds. The lowest BCUT2D eigenvalue weighted by molar-refractivity contribution is -0.130. The Bertz CT molecular complexity index is 951. The minimum Gasteiger partial charge on any atom is -0.497 e. The van der Waals surface area contributed by atoms with Crippen LogP contribution < -0.4 is 15.5 Å². The molecule has 0 saturated carbocycles. The number of likely N-dealkylation sites (N-methyl/N-ethyl adjacent to an activating group) is 1. The topological polar surface area (TPSA) is 104 Å². The van der Waals surface area contributed by atoms with E-state index in [1.807, 2.05) is 0 Å². The number of carbonyl (C=O) groups is 3. The third-order valence-electron chi connectivity index (χ3n) is 4.53. The maximum Gasteiger partial charge on any atom is 0.269 e. The van der Waals surface area contributed by atoms with Gasteiger partial charge in [-0.15, -0.1) is 0 Å². The number of carbonyl (C=O) groups excluding carboxylic acids is 3. The molecule has 2 N–H and O–H groups in total. The second kappa shape index (κ2) is 9.31. The highest BCUT2D eigenvalue weighted by Gasteiger charge is 2.43. The second-order valence-electron chi connectivity index (χ2n) is 6.41. The van der Waals surface area contributed by atoms with Crippen molar-refractivity contribution in [3.8, 4) is 5.75 Å². The van der Waals surface area contributed by atoms with Crippen molar-refractivity contribution >= 4 is 40.7 Å². The molecule has 1 fully saturated rings. The number of anilines is 1. The Labute approximate surface area is 179 Å². The van der Waals surface area contributed by atoms with E-state index < -0.39 is 11.9 Å². The van der Waals surface area contributed by atoms with Crippen molar-refractivity contribution in [2.45, 2.75) is 19.4 Å². The molecule has 0 aliphatic carbocycles. The number of rotatable bonds is 7. The molecular formula is C20H21N5O4S. The highest BCUT2D eigenvalue weighted by molar-refractivity contribution is 7.80. The first-order chi connectivity index (χ1) is 14.4. The molecule has 156 valence electrons. The standard InChI is InChI=1S/C20H21N5O4S/c1-3-24-19(28)16(12-17(26)22-14-4-6-15(29-2)7-5-14)25(20(24)30)23-18(27)13-8-10-21-11-9-13/h4-11,16H,3,12H2,1-2H3,(H,22,26)(H,23,27). The summed E-state index contributed by atoms with van der Waals surface area (Å²) in [5, 5.41) is 4.16. The van der Waals surface area contributed by atoms with Gasteiger partial charge in [-0.2, -0.15) is 0 Å². The fraction of sp³-hybridized carbons (Fsp3) is 0.250. The van der Waals surface area contributed by atoms with Gasteiger partial charge in [0.1, 0.15) is 11.8 Å². The zero-order valence-corrected chi connectivity index (χ0v) is 17.3. The molecule has 30 heavy (non-hydrogen) atoms. The number of methoxy groups -OCH3 is 1. The molecule has 3 rings (SSSR count). The lowest BCUT2D eigenvalue weighted by Crippen LogP contribution is -2.49. The number of nitrogens with zero attached hydrogens (tertiary/aromatic N) is 3. The normalized spacial score (nSPS) is 15.9. The van der Waals surface area contributed by atoms with Crippen molar-refractivity contribution in [2.75, 3.05) is 19.0 Å². The van der Waals surface area contributed by atoms with Gasteiger partial charge in [0.2, 0.25) is 5.91 Å². The fourth-order valence-corrected chi connectivity index (χ4v) is 3.37. The van der Waals surface area contributed by atoms with E-state index in [-0.39, 0.29) is 23.3 Å². The van der Waals surface area contributed by atoms with Gasteiger partial charge in [0.05, 0.1) is 13.5 Å². The molecule has 10 heteroatoms. The quantitative estimate of drug-likeness (QED) is 0.647. The fourth-order valence-electron chi connectivity index (χ4n) is 2.98. The number of hydrazine groups is 1. The number of hydrogen-bond acceptors (Lipinski definition) is 6. The van der Waals surface area contributed by atoms with E-state index in [2.05, 4.69) is 15.7 Å². The molecule has 1 saturated heterocycles. The van der Waals surface area contributed by atoms with Gasteiger partial charge in [-0.25, -0.2) is 5.01 Å². The first kappa shape index (κ1) is 21.2. The summed E-state index contributed by atoms with van der Waals surface area (Å²) in [5.74, 6) is -0.524. The smallest absolute Gasteiger partial charge is 0.269 e. The summed E-state index contributed by atoms with van der Waals surface area (Å²) < 4.78 is 5.09. The number of benzene rings is 1. The largest absolute Gasteiger partial charge is 0.497 e. The summed E-state index contributed by atoms with van der Waals surface area (Å²) in [6, 6.07) is 8.95. The molecule has 1 unspecified atom stereocenters. The van der Waals surface area contributed by atoms with Crippen LogP contribution in [0.2, 0.25) is 0 Å². The number of hydrogen-bond donors (Lipinski definition) is 2. The summed E-state index contributed by atoms with van der Waals surface area (Å²) in [6.45, 7) is 2.10. The maximum atomic E-state index is 12.8. The molecule has 1 atom stereocenters. The Kier molecular flexibility index (Phi) is 6.58. The van der Waals surface area contributed by atoms with Crippen LogP contribution in [0.15, 0.2) is 48.8 Å². The van der Waals surface area contributed by atoms with Crippen LogP contribution >= 0.6 is 12.2 Å². The molecule has 0 bridgehead atoms. The number of ether oxygens (including phenoxy) is 1. The van der Waals surface area contributed by atoms with Crippen LogP contribution in [-0.2, 0) is 9.59 Å². The monoisotopic (exact) mass is 427 g/mol. The minimum absolute atomic E-state index is 0.146. The van der Waals surface area contributed by atoms with Crippen LogP contribution in [0.4, 0.5) is 5.69 Å². The van der Waals surface area contributed by atoms with Crippen molar-refractivity contribution in [1.29, 1.82) is 0 Å². The van der Waals surface area contributed by atoms with Crippen LogP contribution in [0.25, 0.3) is 0 Å². The maximum absolute atomic E-state index is 12.8. The van der Waals surface area contributed by atoms with E-state index in [0.29, 0.717) is 23.5 Å². The van der Waals surface area contributed by atoms with Gasteiger partial charge in [-0.1, -0.05) is 0 Å². The first-order valence-electron chi connectivity index (χ1n) is 9.24. The van der Waals surface area contributed by atoms with Crippen LogP contribution in [0.1, 0.15) is 23.7 Å². The van der Waals surface area contributed by atoms with Crippen molar-refractivity contribution in [2.24, 2.45) is 0 Å². The molecule has 2 heterocycles. The predicted molar refractivity (Wildman–Crippen MR) is 114 cm³/mol. The van der Waals surface area contributed by atoms with Crippen LogP contribution in [0.3, 0.4) is 0 Å². The molecule has 0 spiro atoms. The molecule has 2 aromatic rings. The Morgan fingerprint density at radius 1 is 1.17 bits per heavy atom. The average molecular weight is 427 g/mol. The Morgan fingerprint density at radius 2 is 1.83 bits per heavy atom. The Morgan fingerprint density at radius 3 is 2.43 bits per heavy atom. The van der Waals surface area contributed by atoms with Gasteiger partial charge >= 0.3 is 0 Å². The van der Waals surface area contributed by atoms with Crippen molar-refractivity contribution in [1.82, 2.24) is 20.3 Å². The van der Waals surface area contributed by atoms with Crippen LogP contribution in [0.5, 0.6) is 5.75 Å². The van der Waals surface area contributed by atoms with Gasteiger partial charge in [-0.3, -0.25) is 29.7 Å². The van der Waals surface area contributed by atoms with Crippen LogP contribution in [-0.4, -0.2) is 57.4 Å². The summed E-state index contributed by atoms with van der Waals surface area (Å²) in [7, 11) is 1.55. The van der Waals surface area contributed by atoms with Gasteiger partial charge in [0.25, 0.3) is 11.8 Å². The van der Waals surface area contributed by atoms with Gasteiger partial charge in [0.15, 0.2) is 5.11 Å². The lowest BCUT2D eigenvalue weighted by atomic mass is 10.2. The summed E-state index contributed by atoms with van der Waals surface area (Å²) in [5.41, 5.74) is 3.56. The van der Waals surface area contributed by atoms with E-state index in [0.717, 1.165) is 0 Å². The van der Waals surface area contributed by atoms with Gasteiger partial charge in [0, 0.05) is 30.2 Å². The van der Waals surface area contributed by atoms with Gasteiger partial charge < -0.3 is 10.1 Å². The van der Waals surface area contributed by atoms with Crippen molar-refractivity contribution < 1.29 is 19.1 Å². The molecule has 9 nitrogen and oxygen atoms in total.